The van der Waals surface area contributed by atoms with Crippen LogP contribution in [0.25, 0.3) is 44.2 Å². The molecule has 1 N–H and O–H groups in total. The van der Waals surface area contributed by atoms with E-state index in [1.165, 1.54) is 22.3 Å². The van der Waals surface area contributed by atoms with Gasteiger partial charge in [-0.2, -0.15) is 0 Å². The van der Waals surface area contributed by atoms with Gasteiger partial charge < -0.3 is 9.73 Å². The van der Waals surface area contributed by atoms with Gasteiger partial charge in [-0.25, -0.2) is 0 Å². The van der Waals surface area contributed by atoms with Crippen LogP contribution in [0.3, 0.4) is 0 Å². The van der Waals surface area contributed by atoms with Crippen LogP contribution in [0.5, 0.6) is 0 Å². The third-order valence-corrected chi connectivity index (χ3v) is 5.88. The van der Waals surface area contributed by atoms with E-state index < -0.39 is 0 Å². The molecule has 0 spiro atoms. The molecule has 0 saturated carbocycles. The van der Waals surface area contributed by atoms with Crippen LogP contribution in [-0.2, 0) is 0 Å². The molecule has 0 aliphatic carbocycles. The first-order chi connectivity index (χ1) is 15.9. The summed E-state index contributed by atoms with van der Waals surface area (Å²) in [6.07, 6.45) is 0. The highest BCUT2D eigenvalue weighted by Gasteiger charge is 2.12. The van der Waals surface area contributed by atoms with Crippen molar-refractivity contribution in [2.75, 3.05) is 5.32 Å². The van der Waals surface area contributed by atoms with Crippen LogP contribution in [-0.4, -0.2) is 0 Å². The van der Waals surface area contributed by atoms with E-state index >= 15 is 0 Å². The highest BCUT2D eigenvalue weighted by atomic mass is 16.3. The maximum atomic E-state index is 5.99. The average molecular weight is 412 g/mol. The van der Waals surface area contributed by atoms with Crippen LogP contribution in [0.4, 0.5) is 11.4 Å². The van der Waals surface area contributed by atoms with E-state index in [4.69, 9.17) is 4.42 Å². The van der Waals surface area contributed by atoms with E-state index in [0.717, 1.165) is 33.3 Å². The lowest BCUT2D eigenvalue weighted by Crippen LogP contribution is -1.94. The van der Waals surface area contributed by atoms with Crippen molar-refractivity contribution in [1.29, 1.82) is 0 Å². The molecule has 0 bridgehead atoms. The Balaban J connectivity index is 1.45. The Hall–Kier alpha value is -4.30. The van der Waals surface area contributed by atoms with E-state index in [1.54, 1.807) is 0 Å². The van der Waals surface area contributed by atoms with Gasteiger partial charge in [0.25, 0.3) is 0 Å². The summed E-state index contributed by atoms with van der Waals surface area (Å²) in [6.45, 7) is 0. The molecule has 0 fully saturated rings. The maximum Gasteiger partial charge on any atom is 0.135 e. The summed E-state index contributed by atoms with van der Waals surface area (Å²) >= 11 is 0. The molecule has 0 unspecified atom stereocenters. The molecule has 6 aromatic rings. The second-order valence-electron chi connectivity index (χ2n) is 7.89. The van der Waals surface area contributed by atoms with E-state index in [9.17, 15) is 0 Å². The third-order valence-electron chi connectivity index (χ3n) is 5.88. The highest BCUT2D eigenvalue weighted by molar-refractivity contribution is 6.06. The molecule has 1 aromatic heterocycles. The summed E-state index contributed by atoms with van der Waals surface area (Å²) in [5.41, 5.74) is 8.73. The SMILES string of the molecule is c1ccc(-c2ccccc2-c2ccccc2Nc2ccc3oc4ccccc4c3c2)cc1. The van der Waals surface area contributed by atoms with Crippen molar-refractivity contribution in [3.8, 4) is 22.3 Å². The minimum Gasteiger partial charge on any atom is -0.456 e. The molecule has 6 rings (SSSR count). The molecule has 0 atom stereocenters. The number of hydrogen-bond donors (Lipinski definition) is 1. The van der Waals surface area contributed by atoms with E-state index in [-0.39, 0.29) is 0 Å². The van der Waals surface area contributed by atoms with Crippen molar-refractivity contribution in [2.24, 2.45) is 0 Å². The number of para-hydroxylation sites is 2. The smallest absolute Gasteiger partial charge is 0.135 e. The molecule has 0 saturated heterocycles. The Bertz CT molecular complexity index is 1550. The van der Waals surface area contributed by atoms with Gasteiger partial charge in [-0.05, 0) is 47.0 Å². The van der Waals surface area contributed by atoms with Gasteiger partial charge >= 0.3 is 0 Å². The summed E-state index contributed by atoms with van der Waals surface area (Å²) in [4.78, 5) is 0. The monoisotopic (exact) mass is 411 g/mol. The lowest BCUT2D eigenvalue weighted by molar-refractivity contribution is 0.669. The molecular formula is C30H21NO. The van der Waals surface area contributed by atoms with Gasteiger partial charge in [0.2, 0.25) is 0 Å². The molecule has 0 aliphatic heterocycles. The molecule has 0 aliphatic rings. The van der Waals surface area contributed by atoms with Crippen molar-refractivity contribution in [1.82, 2.24) is 0 Å². The first kappa shape index (κ1) is 18.5. The number of nitrogens with one attached hydrogen (secondary N) is 1. The van der Waals surface area contributed by atoms with Crippen molar-refractivity contribution in [3.63, 3.8) is 0 Å². The molecule has 2 heteroatoms. The standard InChI is InChI=1S/C30H21NO/c1-2-10-21(11-3-1)23-12-4-5-13-24(23)25-14-6-8-16-28(25)31-22-18-19-30-27(20-22)26-15-7-9-17-29(26)32-30/h1-20,31H. The largest absolute Gasteiger partial charge is 0.456 e. The maximum absolute atomic E-state index is 5.99. The number of hydrogen-bond acceptors (Lipinski definition) is 2. The van der Waals surface area contributed by atoms with Gasteiger partial charge in [0, 0.05) is 27.7 Å². The van der Waals surface area contributed by atoms with Crippen LogP contribution in [0.1, 0.15) is 0 Å². The molecule has 32 heavy (non-hydrogen) atoms. The normalized spacial score (nSPS) is 11.1. The third kappa shape index (κ3) is 3.23. The number of benzene rings is 5. The zero-order valence-corrected chi connectivity index (χ0v) is 17.5. The van der Waals surface area contributed by atoms with Crippen molar-refractivity contribution >= 4 is 33.3 Å². The van der Waals surface area contributed by atoms with Gasteiger partial charge in [0.1, 0.15) is 11.2 Å². The fraction of sp³-hybridized carbons (Fsp3) is 0. The van der Waals surface area contributed by atoms with Crippen LogP contribution < -0.4 is 5.32 Å². The summed E-state index contributed by atoms with van der Waals surface area (Å²) in [5, 5.41) is 5.91. The first-order valence-corrected chi connectivity index (χ1v) is 10.8. The average Bonchev–Trinajstić information content (AvgIpc) is 3.23. The van der Waals surface area contributed by atoms with Crippen molar-refractivity contribution < 1.29 is 4.42 Å². The lowest BCUT2D eigenvalue weighted by atomic mass is 9.93. The molecule has 5 aromatic carbocycles. The fourth-order valence-electron chi connectivity index (χ4n) is 4.37. The first-order valence-electron chi connectivity index (χ1n) is 10.8. The number of fused-ring (bicyclic) bond motifs is 3. The molecule has 1 heterocycles. The van der Waals surface area contributed by atoms with Gasteiger partial charge in [-0.15, -0.1) is 0 Å². The summed E-state index contributed by atoms with van der Waals surface area (Å²) in [5.74, 6) is 0. The zero-order valence-electron chi connectivity index (χ0n) is 17.5. The zero-order chi connectivity index (χ0) is 21.3. The Morgan fingerprint density at radius 3 is 2.00 bits per heavy atom. The second kappa shape index (κ2) is 7.75. The highest BCUT2D eigenvalue weighted by Crippen LogP contribution is 2.38. The molecule has 2 nitrogen and oxygen atoms in total. The van der Waals surface area contributed by atoms with Gasteiger partial charge in [0.15, 0.2) is 0 Å². The lowest BCUT2D eigenvalue weighted by Gasteiger charge is -2.16. The second-order valence-corrected chi connectivity index (χ2v) is 7.89. The summed E-state index contributed by atoms with van der Waals surface area (Å²) in [7, 11) is 0. The van der Waals surface area contributed by atoms with Crippen molar-refractivity contribution in [2.45, 2.75) is 0 Å². The van der Waals surface area contributed by atoms with E-state index in [1.807, 2.05) is 24.3 Å². The Kier molecular flexibility index (Phi) is 4.47. The molecule has 0 radical (unpaired) electrons. The van der Waals surface area contributed by atoms with Crippen molar-refractivity contribution in [3.05, 3.63) is 121 Å². The van der Waals surface area contributed by atoms with Crippen LogP contribution >= 0.6 is 0 Å². The van der Waals surface area contributed by atoms with Gasteiger partial charge in [-0.3, -0.25) is 0 Å². The summed E-state index contributed by atoms with van der Waals surface area (Å²) < 4.78 is 5.99. The number of furan rings is 1. The molecule has 152 valence electrons. The van der Waals surface area contributed by atoms with Crippen LogP contribution in [0.2, 0.25) is 0 Å². The topological polar surface area (TPSA) is 25.2 Å². The molecule has 0 amide bonds. The predicted molar refractivity (Wildman–Crippen MR) is 134 cm³/mol. The van der Waals surface area contributed by atoms with Gasteiger partial charge in [-0.1, -0.05) is 91.0 Å². The Labute approximate surface area is 186 Å². The minimum absolute atomic E-state index is 0.902. The number of anilines is 2. The minimum atomic E-state index is 0.902. The van der Waals surface area contributed by atoms with Gasteiger partial charge in [0.05, 0.1) is 0 Å². The quantitative estimate of drug-likeness (QED) is 0.314. The fourth-order valence-corrected chi connectivity index (χ4v) is 4.37. The number of rotatable bonds is 4. The Morgan fingerprint density at radius 1 is 0.469 bits per heavy atom. The van der Waals surface area contributed by atoms with Crippen LogP contribution in [0.15, 0.2) is 126 Å². The van der Waals surface area contributed by atoms with Crippen LogP contribution in [0, 0.1) is 0 Å². The molecular weight excluding hydrogens is 390 g/mol. The predicted octanol–water partition coefficient (Wildman–Crippen LogP) is 8.66. The van der Waals surface area contributed by atoms with E-state index in [2.05, 4.69) is 102 Å². The van der Waals surface area contributed by atoms with E-state index in [0.29, 0.717) is 0 Å². The Morgan fingerprint density at radius 2 is 1.12 bits per heavy atom. The summed E-state index contributed by atoms with van der Waals surface area (Å²) in [6, 6.07) is 42.0.